The minimum atomic E-state index is -0.368. The SMILES string of the molecule is C=C1CC[C@H]2C(C)(C)CCC[C@]2(C)[C@H]1C/C=C1\C(=O)Nc2c(F)cccc21. The molecule has 0 aromatic heterocycles. The quantitative estimate of drug-likeness (QED) is 0.479. The van der Waals surface area contributed by atoms with E-state index in [0.29, 0.717) is 34.1 Å². The standard InChI is InChI=1S/C24H30FNO/c1-15-9-12-20-23(2,3)13-6-14-24(20,4)18(15)11-10-17-16-7-5-8-19(25)21(16)26-22(17)27/h5,7-8,10,18,20H,1,6,9,11-14H2,2-4H3,(H,26,27)/b17-10-/t18-,20-,24+/m0/s1. The van der Waals surface area contributed by atoms with E-state index in [1.165, 1.54) is 37.3 Å². The van der Waals surface area contributed by atoms with E-state index in [0.717, 1.165) is 12.8 Å². The van der Waals surface area contributed by atoms with Crippen molar-refractivity contribution in [2.75, 3.05) is 5.32 Å². The van der Waals surface area contributed by atoms with Crippen LogP contribution in [0.3, 0.4) is 0 Å². The highest BCUT2D eigenvalue weighted by molar-refractivity contribution is 6.31. The van der Waals surface area contributed by atoms with Gasteiger partial charge < -0.3 is 5.32 Å². The Kier molecular flexibility index (Phi) is 4.32. The van der Waals surface area contributed by atoms with Gasteiger partial charge in [0.1, 0.15) is 5.82 Å². The fraction of sp³-hybridized carbons (Fsp3) is 0.542. The number of benzene rings is 1. The lowest BCUT2D eigenvalue weighted by atomic mass is 9.47. The third kappa shape index (κ3) is 2.86. The molecule has 3 heteroatoms. The summed E-state index contributed by atoms with van der Waals surface area (Å²) in [4.78, 5) is 12.4. The molecule has 1 N–H and O–H groups in total. The van der Waals surface area contributed by atoms with E-state index in [2.05, 4.69) is 32.7 Å². The molecule has 1 heterocycles. The second-order valence-corrected chi connectivity index (χ2v) is 9.62. The molecule has 0 spiro atoms. The van der Waals surface area contributed by atoms with Crippen molar-refractivity contribution in [3.8, 4) is 0 Å². The van der Waals surface area contributed by atoms with Crippen LogP contribution in [0.5, 0.6) is 0 Å². The normalized spacial score (nSPS) is 33.6. The highest BCUT2D eigenvalue weighted by Gasteiger charge is 2.52. The molecule has 3 atom stereocenters. The number of anilines is 1. The Hall–Kier alpha value is -1.90. The minimum absolute atomic E-state index is 0.192. The summed E-state index contributed by atoms with van der Waals surface area (Å²) in [6.07, 6.45) is 8.92. The lowest BCUT2D eigenvalue weighted by molar-refractivity contribution is -0.110. The number of halogens is 1. The smallest absolute Gasteiger partial charge is 0.256 e. The van der Waals surface area contributed by atoms with E-state index >= 15 is 0 Å². The molecular formula is C24H30FNO. The maximum Gasteiger partial charge on any atom is 0.256 e. The van der Waals surface area contributed by atoms with Crippen LogP contribution in [0.4, 0.5) is 10.1 Å². The third-order valence-corrected chi connectivity index (χ3v) is 7.66. The maximum absolute atomic E-state index is 14.0. The number of fused-ring (bicyclic) bond motifs is 2. The van der Waals surface area contributed by atoms with Gasteiger partial charge in [-0.15, -0.1) is 0 Å². The number of para-hydroxylation sites is 1. The van der Waals surface area contributed by atoms with E-state index < -0.39 is 0 Å². The molecule has 0 saturated heterocycles. The summed E-state index contributed by atoms with van der Waals surface area (Å²) in [7, 11) is 0. The second kappa shape index (κ2) is 6.32. The van der Waals surface area contributed by atoms with Crippen LogP contribution in [0.25, 0.3) is 5.57 Å². The number of nitrogens with one attached hydrogen (secondary N) is 1. The van der Waals surface area contributed by atoms with Crippen LogP contribution in [0.15, 0.2) is 36.4 Å². The molecule has 2 nitrogen and oxygen atoms in total. The summed E-state index contributed by atoms with van der Waals surface area (Å²) in [5, 5.41) is 2.69. The van der Waals surface area contributed by atoms with Crippen molar-refractivity contribution in [1.82, 2.24) is 0 Å². The second-order valence-electron chi connectivity index (χ2n) is 9.62. The third-order valence-electron chi connectivity index (χ3n) is 7.66. The summed E-state index contributed by atoms with van der Waals surface area (Å²) in [6.45, 7) is 11.7. The Morgan fingerprint density at radius 3 is 2.85 bits per heavy atom. The van der Waals surface area contributed by atoms with Gasteiger partial charge in [-0.25, -0.2) is 4.39 Å². The van der Waals surface area contributed by atoms with Gasteiger partial charge in [0, 0.05) is 11.1 Å². The van der Waals surface area contributed by atoms with Crippen molar-refractivity contribution in [3.63, 3.8) is 0 Å². The summed E-state index contributed by atoms with van der Waals surface area (Å²) in [5.41, 5.74) is 3.53. The molecule has 144 valence electrons. The Morgan fingerprint density at radius 2 is 2.07 bits per heavy atom. The predicted octanol–water partition coefficient (Wildman–Crippen LogP) is 6.35. The molecule has 0 bridgehead atoms. The van der Waals surface area contributed by atoms with Crippen molar-refractivity contribution in [1.29, 1.82) is 0 Å². The molecule has 27 heavy (non-hydrogen) atoms. The number of hydrogen-bond donors (Lipinski definition) is 1. The number of carbonyl (C=O) groups excluding carboxylic acids is 1. The van der Waals surface area contributed by atoms with Crippen molar-refractivity contribution in [2.45, 2.75) is 59.3 Å². The summed E-state index contributed by atoms with van der Waals surface area (Å²) >= 11 is 0. The van der Waals surface area contributed by atoms with Gasteiger partial charge in [-0.1, -0.05) is 57.6 Å². The largest absolute Gasteiger partial charge is 0.319 e. The highest BCUT2D eigenvalue weighted by Crippen LogP contribution is 2.61. The van der Waals surface area contributed by atoms with Gasteiger partial charge in [-0.2, -0.15) is 0 Å². The zero-order valence-electron chi connectivity index (χ0n) is 16.7. The molecule has 1 aromatic carbocycles. The molecule has 0 radical (unpaired) electrons. The number of rotatable bonds is 2. The molecule has 1 amide bonds. The van der Waals surface area contributed by atoms with E-state index in [4.69, 9.17) is 0 Å². The van der Waals surface area contributed by atoms with Crippen molar-refractivity contribution in [2.24, 2.45) is 22.7 Å². The topological polar surface area (TPSA) is 29.1 Å². The van der Waals surface area contributed by atoms with E-state index in [1.807, 2.05) is 12.1 Å². The minimum Gasteiger partial charge on any atom is -0.319 e. The van der Waals surface area contributed by atoms with Crippen molar-refractivity contribution in [3.05, 3.63) is 47.8 Å². The van der Waals surface area contributed by atoms with Gasteiger partial charge in [0.25, 0.3) is 5.91 Å². The fourth-order valence-electron chi connectivity index (χ4n) is 6.33. The molecule has 0 unspecified atom stereocenters. The van der Waals surface area contributed by atoms with Gasteiger partial charge in [-0.05, 0) is 60.8 Å². The van der Waals surface area contributed by atoms with Crippen molar-refractivity contribution < 1.29 is 9.18 Å². The molecule has 1 aliphatic heterocycles. The molecule has 2 fully saturated rings. The van der Waals surface area contributed by atoms with E-state index in [9.17, 15) is 9.18 Å². The molecule has 2 aliphatic carbocycles. The van der Waals surface area contributed by atoms with Gasteiger partial charge in [-0.3, -0.25) is 4.79 Å². The molecule has 2 saturated carbocycles. The number of carbonyl (C=O) groups is 1. The fourth-order valence-corrected chi connectivity index (χ4v) is 6.33. The number of amides is 1. The van der Waals surface area contributed by atoms with Crippen LogP contribution in [-0.2, 0) is 4.79 Å². The Balaban J connectivity index is 1.66. The Bertz CT molecular complexity index is 837. The van der Waals surface area contributed by atoms with Gasteiger partial charge in [0.15, 0.2) is 0 Å². The first-order valence-corrected chi connectivity index (χ1v) is 10.2. The zero-order valence-corrected chi connectivity index (χ0v) is 16.7. The van der Waals surface area contributed by atoms with E-state index in [-0.39, 0.29) is 17.1 Å². The molecular weight excluding hydrogens is 337 g/mol. The monoisotopic (exact) mass is 367 g/mol. The summed E-state index contributed by atoms with van der Waals surface area (Å²) in [5.74, 6) is 0.512. The van der Waals surface area contributed by atoms with Crippen LogP contribution in [0.1, 0.15) is 64.9 Å². The van der Waals surface area contributed by atoms with Crippen LogP contribution < -0.4 is 5.32 Å². The Labute approximate surface area is 161 Å². The molecule has 3 aliphatic rings. The zero-order chi connectivity index (χ0) is 19.4. The Morgan fingerprint density at radius 1 is 1.30 bits per heavy atom. The highest BCUT2D eigenvalue weighted by atomic mass is 19.1. The predicted molar refractivity (Wildman–Crippen MR) is 109 cm³/mol. The maximum atomic E-state index is 14.0. The summed E-state index contributed by atoms with van der Waals surface area (Å²) < 4.78 is 14.0. The van der Waals surface area contributed by atoms with Crippen LogP contribution in [-0.4, -0.2) is 5.91 Å². The van der Waals surface area contributed by atoms with Gasteiger partial charge in [0.05, 0.1) is 5.69 Å². The number of hydrogen-bond acceptors (Lipinski definition) is 1. The number of allylic oxidation sites excluding steroid dienone is 2. The molecule has 1 aromatic rings. The van der Waals surface area contributed by atoms with E-state index in [1.54, 1.807) is 6.07 Å². The summed E-state index contributed by atoms with van der Waals surface area (Å²) in [6, 6.07) is 4.88. The van der Waals surface area contributed by atoms with Crippen LogP contribution in [0, 0.1) is 28.5 Å². The average Bonchev–Trinajstić information content (AvgIpc) is 2.91. The van der Waals surface area contributed by atoms with Crippen molar-refractivity contribution >= 4 is 17.2 Å². The average molecular weight is 368 g/mol. The van der Waals surface area contributed by atoms with Gasteiger partial charge >= 0.3 is 0 Å². The first-order valence-electron chi connectivity index (χ1n) is 10.2. The lowest BCUT2D eigenvalue weighted by Crippen LogP contribution is -2.49. The lowest BCUT2D eigenvalue weighted by Gasteiger charge is -2.58. The van der Waals surface area contributed by atoms with Gasteiger partial charge in [0.2, 0.25) is 0 Å². The first kappa shape index (κ1) is 18.5. The van der Waals surface area contributed by atoms with Crippen LogP contribution >= 0.6 is 0 Å². The van der Waals surface area contributed by atoms with Crippen LogP contribution in [0.2, 0.25) is 0 Å². The molecule has 4 rings (SSSR count). The first-order chi connectivity index (χ1) is 12.7.